The van der Waals surface area contributed by atoms with Crippen LogP contribution >= 0.6 is 0 Å². The van der Waals surface area contributed by atoms with Crippen LogP contribution in [0.25, 0.3) is 0 Å². The van der Waals surface area contributed by atoms with E-state index in [0.29, 0.717) is 4.90 Å². The van der Waals surface area contributed by atoms with Crippen molar-refractivity contribution in [2.45, 2.75) is 37.5 Å². The lowest BCUT2D eigenvalue weighted by Crippen LogP contribution is -2.08. The Bertz CT molecular complexity index is 942. The average molecular weight is 351 g/mol. The molecule has 0 saturated carbocycles. The lowest BCUT2D eigenvalue weighted by atomic mass is 10.1. The summed E-state index contributed by atoms with van der Waals surface area (Å²) in [6, 6.07) is 10.1. The van der Waals surface area contributed by atoms with Gasteiger partial charge in [0.25, 0.3) is 10.0 Å². The maximum absolute atomic E-state index is 13.1. The van der Waals surface area contributed by atoms with Gasteiger partial charge in [0, 0.05) is 6.26 Å². The molecule has 2 aromatic rings. The molecule has 0 aromatic heterocycles. The van der Waals surface area contributed by atoms with E-state index in [1.807, 2.05) is 39.8 Å². The summed E-state index contributed by atoms with van der Waals surface area (Å²) in [6.45, 7) is 7.47. The molecule has 2 aromatic carbocycles. The third kappa shape index (κ3) is 3.82. The summed E-state index contributed by atoms with van der Waals surface area (Å²) in [5.74, 6) is 0. The maximum Gasteiger partial charge on any atom is 0.290 e. The van der Waals surface area contributed by atoms with Gasteiger partial charge in [-0.05, 0) is 51.0 Å². The van der Waals surface area contributed by atoms with Crippen molar-refractivity contribution in [2.75, 3.05) is 6.26 Å². The van der Waals surface area contributed by atoms with Crippen LogP contribution in [0.5, 0.6) is 0 Å². The number of hydrogen-bond donors (Lipinski definition) is 0. The van der Waals surface area contributed by atoms with Crippen molar-refractivity contribution in [3.63, 3.8) is 0 Å². The van der Waals surface area contributed by atoms with Gasteiger partial charge in [-0.15, -0.1) is 3.77 Å². The molecule has 0 saturated heterocycles. The van der Waals surface area contributed by atoms with E-state index >= 15 is 0 Å². The molecule has 0 spiro atoms. The number of rotatable bonds is 3. The number of benzene rings is 2. The summed E-state index contributed by atoms with van der Waals surface area (Å²) >= 11 is 0. The third-order valence-corrected chi connectivity index (χ3v) is 7.73. The molecule has 2 rings (SSSR count). The van der Waals surface area contributed by atoms with Crippen LogP contribution < -0.4 is 0 Å². The molecule has 0 fully saturated rings. The Morgan fingerprint density at radius 3 is 1.74 bits per heavy atom. The Balaban J connectivity index is 2.66. The van der Waals surface area contributed by atoms with Gasteiger partial charge in [0.05, 0.1) is 19.5 Å². The lowest BCUT2D eigenvalue weighted by molar-refractivity contribution is 0.598. The van der Waals surface area contributed by atoms with Gasteiger partial charge in [-0.2, -0.15) is 8.42 Å². The molecule has 0 aliphatic rings. The second-order valence-corrected chi connectivity index (χ2v) is 9.92. The summed E-state index contributed by atoms with van der Waals surface area (Å²) in [6.07, 6.45) is 1.38. The quantitative estimate of drug-likeness (QED) is 0.845. The normalized spacial score (nSPS) is 14.3. The van der Waals surface area contributed by atoms with Crippen molar-refractivity contribution >= 4 is 19.8 Å². The molecular weight excluding hydrogens is 330 g/mol. The van der Waals surface area contributed by atoms with Crippen molar-refractivity contribution in [3.8, 4) is 0 Å². The van der Waals surface area contributed by atoms with Crippen LogP contribution in [0.1, 0.15) is 22.3 Å². The minimum absolute atomic E-state index is 0.0556. The summed E-state index contributed by atoms with van der Waals surface area (Å²) in [7, 11) is -7.04. The van der Waals surface area contributed by atoms with Crippen molar-refractivity contribution < 1.29 is 12.6 Å². The first-order valence-corrected chi connectivity index (χ1v) is 10.5. The van der Waals surface area contributed by atoms with E-state index in [0.717, 1.165) is 22.3 Å². The fourth-order valence-electron chi connectivity index (χ4n) is 2.74. The summed E-state index contributed by atoms with van der Waals surface area (Å²) in [5, 5.41) is 0. The first-order chi connectivity index (χ1) is 10.5. The largest absolute Gasteiger partial charge is 0.290 e. The highest BCUT2D eigenvalue weighted by Crippen LogP contribution is 2.25. The third-order valence-electron chi connectivity index (χ3n) is 3.54. The Kier molecular flexibility index (Phi) is 4.69. The highest BCUT2D eigenvalue weighted by molar-refractivity contribution is 8.03. The van der Waals surface area contributed by atoms with Gasteiger partial charge < -0.3 is 0 Å². The van der Waals surface area contributed by atoms with Crippen LogP contribution in [0.15, 0.2) is 50.0 Å². The molecule has 1 atom stereocenters. The van der Waals surface area contributed by atoms with Crippen LogP contribution in [0.3, 0.4) is 0 Å². The smallest absolute Gasteiger partial charge is 0.244 e. The van der Waals surface area contributed by atoms with Gasteiger partial charge in [-0.1, -0.05) is 35.4 Å². The topological polar surface area (TPSA) is 63.6 Å². The molecule has 0 bridgehead atoms. The van der Waals surface area contributed by atoms with Crippen LogP contribution in [0.4, 0.5) is 0 Å². The highest BCUT2D eigenvalue weighted by atomic mass is 32.3. The number of nitrogens with zero attached hydrogens (tertiary/aromatic N) is 1. The summed E-state index contributed by atoms with van der Waals surface area (Å²) in [4.78, 5) is 0.555. The van der Waals surface area contributed by atoms with E-state index in [2.05, 4.69) is 3.77 Å². The molecule has 4 nitrogen and oxygen atoms in total. The minimum Gasteiger partial charge on any atom is -0.244 e. The average Bonchev–Trinajstić information content (AvgIpc) is 2.35. The van der Waals surface area contributed by atoms with Crippen LogP contribution in [0, 0.1) is 27.7 Å². The Hall–Kier alpha value is -1.66. The van der Waals surface area contributed by atoms with Crippen LogP contribution in [-0.2, 0) is 19.8 Å². The first-order valence-electron chi connectivity index (χ1n) is 7.16. The van der Waals surface area contributed by atoms with Gasteiger partial charge in [-0.3, -0.25) is 0 Å². The maximum atomic E-state index is 13.1. The monoisotopic (exact) mass is 351 g/mol. The minimum atomic E-state index is -3.98. The van der Waals surface area contributed by atoms with Crippen molar-refractivity contribution in [1.29, 1.82) is 0 Å². The van der Waals surface area contributed by atoms with Crippen molar-refractivity contribution in [1.82, 2.24) is 0 Å². The summed E-state index contributed by atoms with van der Waals surface area (Å²) < 4.78 is 41.8. The van der Waals surface area contributed by atoms with Gasteiger partial charge in [0.2, 0.25) is 0 Å². The first kappa shape index (κ1) is 17.7. The molecule has 0 N–H and O–H groups in total. The molecule has 0 aliphatic carbocycles. The zero-order chi connectivity index (χ0) is 17.4. The molecule has 124 valence electrons. The van der Waals surface area contributed by atoms with Gasteiger partial charge >= 0.3 is 0 Å². The number of aryl methyl sites for hydroxylation is 4. The predicted octanol–water partition coefficient (Wildman–Crippen LogP) is 3.77. The molecule has 6 heteroatoms. The van der Waals surface area contributed by atoms with Crippen LogP contribution in [0.2, 0.25) is 0 Å². The summed E-state index contributed by atoms with van der Waals surface area (Å²) in [5.41, 5.74) is 3.57. The molecule has 23 heavy (non-hydrogen) atoms. The highest BCUT2D eigenvalue weighted by Gasteiger charge is 2.20. The van der Waals surface area contributed by atoms with Crippen molar-refractivity contribution in [3.05, 3.63) is 58.7 Å². The van der Waals surface area contributed by atoms with Gasteiger partial charge in [0.15, 0.2) is 0 Å². The molecule has 0 amide bonds. The SMILES string of the molecule is Cc1ccc(S(=O)(=O)N=S(C)(=O)c2c(C)cc(C)cc2C)cc1. The zero-order valence-corrected chi connectivity index (χ0v) is 15.6. The second-order valence-electron chi connectivity index (χ2n) is 5.89. The zero-order valence-electron chi connectivity index (χ0n) is 14.0. The standard InChI is InChI=1S/C17H21NO3S2/c1-12-6-8-16(9-7-12)23(20,21)18-22(5,19)17-14(3)10-13(2)11-15(17)4/h6-11H,1-5H3. The predicted molar refractivity (Wildman–Crippen MR) is 93.8 cm³/mol. The molecular formula is C17H21NO3S2. The number of sulfonamides is 1. The van der Waals surface area contributed by atoms with E-state index in [1.54, 1.807) is 12.1 Å². The van der Waals surface area contributed by atoms with Gasteiger partial charge in [-0.25, -0.2) is 4.21 Å². The Morgan fingerprint density at radius 2 is 1.26 bits per heavy atom. The van der Waals surface area contributed by atoms with E-state index in [9.17, 15) is 12.6 Å². The fraction of sp³-hybridized carbons (Fsp3) is 0.294. The molecule has 1 unspecified atom stereocenters. The number of hydrogen-bond acceptors (Lipinski definition) is 3. The van der Waals surface area contributed by atoms with Crippen molar-refractivity contribution in [2.24, 2.45) is 3.77 Å². The van der Waals surface area contributed by atoms with E-state index in [4.69, 9.17) is 0 Å². The molecule has 0 heterocycles. The van der Waals surface area contributed by atoms with E-state index in [1.165, 1.54) is 18.4 Å². The molecule has 0 aliphatic heterocycles. The second kappa shape index (κ2) is 6.09. The van der Waals surface area contributed by atoms with E-state index < -0.39 is 19.8 Å². The van der Waals surface area contributed by atoms with Gasteiger partial charge in [0.1, 0.15) is 0 Å². The lowest BCUT2D eigenvalue weighted by Gasteiger charge is -2.13. The fourth-order valence-corrected chi connectivity index (χ4v) is 6.68. The van der Waals surface area contributed by atoms with Crippen LogP contribution in [-0.4, -0.2) is 18.9 Å². The van der Waals surface area contributed by atoms with E-state index in [-0.39, 0.29) is 4.90 Å². The molecule has 0 radical (unpaired) electrons. The Labute approximate surface area is 138 Å². The Morgan fingerprint density at radius 1 is 0.783 bits per heavy atom.